The van der Waals surface area contributed by atoms with E-state index in [0.29, 0.717) is 12.0 Å². The lowest BCUT2D eigenvalue weighted by Gasteiger charge is -2.16. The Hall–Kier alpha value is -1.69. The molecule has 1 unspecified atom stereocenters. The normalized spacial score (nSPS) is 17.8. The number of anilines is 1. The van der Waals surface area contributed by atoms with Gasteiger partial charge in [-0.2, -0.15) is 0 Å². The number of ketones is 1. The van der Waals surface area contributed by atoms with Crippen LogP contribution in [0.1, 0.15) is 39.1 Å². The van der Waals surface area contributed by atoms with Crippen molar-refractivity contribution in [1.29, 1.82) is 0 Å². The van der Waals surface area contributed by atoms with Crippen LogP contribution in [0.15, 0.2) is 27.9 Å². The number of aryl methyl sites for hydroxylation is 1. The van der Waals surface area contributed by atoms with Crippen molar-refractivity contribution in [3.05, 3.63) is 45.4 Å². The number of carbonyl (C=O) groups is 1. The van der Waals surface area contributed by atoms with Crippen LogP contribution in [0.25, 0.3) is 0 Å². The molecule has 1 saturated heterocycles. The summed E-state index contributed by atoms with van der Waals surface area (Å²) >= 11 is 4.57. The Balaban J connectivity index is 1.33. The predicted molar refractivity (Wildman–Crippen MR) is 128 cm³/mol. The smallest absolute Gasteiger partial charge is 0.206 e. The molecule has 0 bridgehead atoms. The van der Waals surface area contributed by atoms with Gasteiger partial charge >= 0.3 is 0 Å². The van der Waals surface area contributed by atoms with E-state index in [1.807, 2.05) is 30.5 Å². The first kappa shape index (κ1) is 22.5. The summed E-state index contributed by atoms with van der Waals surface area (Å²) in [7, 11) is -2.98. The molecule has 0 aliphatic carbocycles. The number of thiophene rings is 1. The zero-order valence-corrected chi connectivity index (χ0v) is 20.6. The predicted octanol–water partition coefficient (Wildman–Crippen LogP) is 4.01. The van der Waals surface area contributed by atoms with Gasteiger partial charge in [-0.25, -0.2) is 8.42 Å². The number of hydrogen-bond acceptors (Lipinski definition) is 9. The van der Waals surface area contributed by atoms with Crippen LogP contribution in [0.3, 0.4) is 0 Å². The fourth-order valence-electron chi connectivity index (χ4n) is 3.89. The maximum Gasteiger partial charge on any atom is 0.206 e. The second-order valence-corrected chi connectivity index (χ2v) is 13.0. The van der Waals surface area contributed by atoms with E-state index in [1.165, 1.54) is 28.0 Å². The van der Waals surface area contributed by atoms with Gasteiger partial charge in [-0.1, -0.05) is 29.2 Å². The van der Waals surface area contributed by atoms with Crippen molar-refractivity contribution in [3.63, 3.8) is 0 Å². The zero-order valence-electron chi connectivity index (χ0n) is 17.3. The van der Waals surface area contributed by atoms with Crippen LogP contribution in [0.2, 0.25) is 0 Å². The zero-order chi connectivity index (χ0) is 22.0. The highest BCUT2D eigenvalue weighted by atomic mass is 32.2. The second kappa shape index (κ2) is 9.43. The van der Waals surface area contributed by atoms with E-state index in [0.717, 1.165) is 33.8 Å². The molecule has 4 rings (SSSR count). The molecule has 31 heavy (non-hydrogen) atoms. The van der Waals surface area contributed by atoms with Crippen molar-refractivity contribution in [2.24, 2.45) is 0 Å². The van der Waals surface area contributed by atoms with E-state index in [4.69, 9.17) is 0 Å². The number of carbonyl (C=O) groups excluding carboxylic acids is 1. The van der Waals surface area contributed by atoms with Crippen LogP contribution in [-0.4, -0.2) is 52.8 Å². The Kier molecular flexibility index (Phi) is 6.85. The molecule has 1 aliphatic heterocycles. The van der Waals surface area contributed by atoms with E-state index < -0.39 is 9.84 Å². The topological polar surface area (TPSA) is 93.9 Å². The van der Waals surface area contributed by atoms with Gasteiger partial charge < -0.3 is 9.88 Å². The lowest BCUT2D eigenvalue weighted by atomic mass is 10.2. The molecule has 7 nitrogen and oxygen atoms in total. The second-order valence-electron chi connectivity index (χ2n) is 7.55. The number of hydrogen-bond donors (Lipinski definition) is 1. The summed E-state index contributed by atoms with van der Waals surface area (Å²) in [5, 5.41) is 14.4. The average molecular weight is 497 g/mol. The average Bonchev–Trinajstić information content (AvgIpc) is 3.49. The van der Waals surface area contributed by atoms with Gasteiger partial charge in [0.25, 0.3) is 0 Å². The van der Waals surface area contributed by atoms with Crippen molar-refractivity contribution in [2.75, 3.05) is 29.1 Å². The molecule has 1 aliphatic rings. The fraction of sp³-hybridized carbons (Fsp3) is 0.450. The van der Waals surface area contributed by atoms with Crippen molar-refractivity contribution < 1.29 is 13.2 Å². The molecule has 0 saturated carbocycles. The van der Waals surface area contributed by atoms with Gasteiger partial charge in [0, 0.05) is 34.4 Å². The largest absolute Gasteiger partial charge is 0.360 e. The molecule has 1 fully saturated rings. The highest BCUT2D eigenvalue weighted by Crippen LogP contribution is 2.31. The molecule has 0 amide bonds. The molecule has 0 spiro atoms. The number of nitrogens with one attached hydrogen (secondary N) is 1. The summed E-state index contributed by atoms with van der Waals surface area (Å²) in [4.78, 5) is 14.2. The number of nitrogens with zero attached hydrogens (tertiary/aromatic N) is 3. The van der Waals surface area contributed by atoms with E-state index >= 15 is 0 Å². The Labute approximate surface area is 194 Å². The minimum absolute atomic E-state index is 0.0209. The van der Waals surface area contributed by atoms with Gasteiger partial charge in [-0.3, -0.25) is 4.79 Å². The summed E-state index contributed by atoms with van der Waals surface area (Å²) in [6.45, 7) is 4.62. The third-order valence-corrected chi connectivity index (χ3v) is 10.0. The molecular formula is C20H24N4O3S4. The summed E-state index contributed by atoms with van der Waals surface area (Å²) in [6, 6.07) is 5.96. The SMILES string of the molecule is Cc1cc(C(=O)CSc2nnc(NCCc3cccs3)s2)c(C)n1C1CCS(=O)(=O)C1. The highest BCUT2D eigenvalue weighted by molar-refractivity contribution is 8.01. The van der Waals surface area contributed by atoms with E-state index in [2.05, 4.69) is 27.0 Å². The summed E-state index contributed by atoms with van der Waals surface area (Å²) in [5.74, 6) is 0.664. The van der Waals surface area contributed by atoms with Crippen LogP contribution in [-0.2, 0) is 16.3 Å². The Morgan fingerprint density at radius 2 is 2.19 bits per heavy atom. The van der Waals surface area contributed by atoms with Gasteiger partial charge in [0.1, 0.15) is 0 Å². The highest BCUT2D eigenvalue weighted by Gasteiger charge is 2.31. The minimum Gasteiger partial charge on any atom is -0.360 e. The molecule has 1 atom stereocenters. The van der Waals surface area contributed by atoms with Crippen LogP contribution < -0.4 is 5.32 Å². The number of Topliss-reactive ketones (excluding diaryl/α,β-unsaturated/α-hetero) is 1. The van der Waals surface area contributed by atoms with E-state index in [-0.39, 0.29) is 29.1 Å². The maximum absolute atomic E-state index is 12.8. The molecular weight excluding hydrogens is 473 g/mol. The summed E-state index contributed by atoms with van der Waals surface area (Å²) < 4.78 is 26.5. The molecule has 0 radical (unpaired) electrons. The van der Waals surface area contributed by atoms with Gasteiger partial charge in [-0.05, 0) is 44.2 Å². The van der Waals surface area contributed by atoms with Gasteiger partial charge in [0.15, 0.2) is 20.0 Å². The van der Waals surface area contributed by atoms with Gasteiger partial charge in [0.05, 0.1) is 17.3 Å². The number of rotatable bonds is 9. The molecule has 3 aromatic heterocycles. The Morgan fingerprint density at radius 3 is 2.90 bits per heavy atom. The van der Waals surface area contributed by atoms with Crippen molar-refractivity contribution in [2.45, 2.75) is 37.1 Å². The molecule has 0 aromatic carbocycles. The van der Waals surface area contributed by atoms with Crippen LogP contribution in [0.4, 0.5) is 5.13 Å². The van der Waals surface area contributed by atoms with Crippen LogP contribution in [0.5, 0.6) is 0 Å². The third-order valence-electron chi connectivity index (χ3n) is 5.32. The van der Waals surface area contributed by atoms with E-state index in [1.54, 1.807) is 11.3 Å². The lowest BCUT2D eigenvalue weighted by molar-refractivity contribution is 0.102. The first-order valence-corrected chi connectivity index (χ1v) is 14.5. The number of aromatic nitrogens is 3. The number of sulfone groups is 1. The third kappa shape index (κ3) is 5.39. The standard InChI is InChI=1S/C20H24N4O3S4/c1-13-10-17(14(2)24(13)15-6-9-31(26,27)12-15)18(25)11-29-20-23-22-19(30-20)21-7-5-16-4-3-8-28-16/h3-4,8,10,15H,5-7,9,11-12H2,1-2H3,(H,21,22). The lowest BCUT2D eigenvalue weighted by Crippen LogP contribution is -2.14. The quantitative estimate of drug-likeness (QED) is 0.353. The van der Waals surface area contributed by atoms with Gasteiger partial charge in [-0.15, -0.1) is 21.5 Å². The molecule has 4 heterocycles. The first-order valence-electron chi connectivity index (χ1n) is 9.97. The maximum atomic E-state index is 12.8. The van der Waals surface area contributed by atoms with Crippen LogP contribution in [0, 0.1) is 13.8 Å². The van der Waals surface area contributed by atoms with E-state index in [9.17, 15) is 13.2 Å². The number of thioether (sulfide) groups is 1. The van der Waals surface area contributed by atoms with Crippen molar-refractivity contribution in [3.8, 4) is 0 Å². The molecule has 166 valence electrons. The van der Waals surface area contributed by atoms with Crippen molar-refractivity contribution in [1.82, 2.24) is 14.8 Å². The summed E-state index contributed by atoms with van der Waals surface area (Å²) in [6.07, 6.45) is 1.55. The fourth-order valence-corrected chi connectivity index (χ4v) is 7.96. The minimum atomic E-state index is -2.98. The first-order chi connectivity index (χ1) is 14.8. The van der Waals surface area contributed by atoms with Crippen LogP contribution >= 0.6 is 34.4 Å². The Bertz CT molecular complexity index is 1170. The summed E-state index contributed by atoms with van der Waals surface area (Å²) in [5.41, 5.74) is 2.44. The monoisotopic (exact) mass is 496 g/mol. The molecule has 3 aromatic rings. The van der Waals surface area contributed by atoms with Gasteiger partial charge in [0.2, 0.25) is 5.13 Å². The van der Waals surface area contributed by atoms with Crippen molar-refractivity contribution >= 4 is 55.2 Å². The molecule has 1 N–H and O–H groups in total. The molecule has 11 heteroatoms. The Morgan fingerprint density at radius 1 is 1.35 bits per heavy atom.